The number of carboxylic acid groups (broad SMARTS) is 1. The van der Waals surface area contributed by atoms with Crippen LogP contribution in [-0.4, -0.2) is 68.8 Å². The summed E-state index contributed by atoms with van der Waals surface area (Å²) in [5.74, 6) is 0.0698. The molecule has 0 amide bonds. The standard InChI is InChI=1S/C23H27N5O5S/c24-11-23(13-33-14-23)12-25-20-17-9-15(21(29)30)5-6-18(17)26-22(27-20)28-7-8-34(31,32)19-4-2-1-3-16(19)10-28/h1-6,9,31-32H,7-8,10-14,24H2,(H,29,30)(H,25,26,27). The Morgan fingerprint density at radius 2 is 2.00 bits per heavy atom. The molecule has 180 valence electrons. The number of nitrogens with one attached hydrogen (secondary N) is 1. The summed E-state index contributed by atoms with van der Waals surface area (Å²) in [6, 6.07) is 12.0. The Balaban J connectivity index is 1.55. The van der Waals surface area contributed by atoms with Gasteiger partial charge < -0.3 is 25.8 Å². The summed E-state index contributed by atoms with van der Waals surface area (Å²) >= 11 is 0. The maximum absolute atomic E-state index is 11.6. The van der Waals surface area contributed by atoms with E-state index in [4.69, 9.17) is 20.4 Å². The molecule has 0 radical (unpaired) electrons. The minimum atomic E-state index is -2.92. The van der Waals surface area contributed by atoms with Crippen LogP contribution in [0, 0.1) is 5.41 Å². The predicted molar refractivity (Wildman–Crippen MR) is 131 cm³/mol. The first-order valence-corrected chi connectivity index (χ1v) is 12.7. The molecule has 0 unspecified atom stereocenters. The molecule has 0 aliphatic carbocycles. The molecule has 10 nitrogen and oxygen atoms in total. The smallest absolute Gasteiger partial charge is 0.335 e. The monoisotopic (exact) mass is 485 g/mol. The van der Waals surface area contributed by atoms with Crippen LogP contribution in [0.1, 0.15) is 15.9 Å². The van der Waals surface area contributed by atoms with Gasteiger partial charge in [-0.3, -0.25) is 9.11 Å². The number of benzene rings is 2. The highest BCUT2D eigenvalue weighted by Crippen LogP contribution is 2.51. The zero-order valence-electron chi connectivity index (χ0n) is 18.5. The minimum absolute atomic E-state index is 0.144. The topological polar surface area (TPSA) is 154 Å². The first-order valence-electron chi connectivity index (χ1n) is 11.0. The largest absolute Gasteiger partial charge is 0.478 e. The van der Waals surface area contributed by atoms with E-state index in [1.807, 2.05) is 17.0 Å². The molecule has 11 heteroatoms. The number of carboxylic acids is 1. The molecule has 0 bridgehead atoms. The van der Waals surface area contributed by atoms with Gasteiger partial charge >= 0.3 is 5.97 Å². The van der Waals surface area contributed by atoms with Gasteiger partial charge in [0.25, 0.3) is 0 Å². The molecule has 1 aromatic heterocycles. The fourth-order valence-corrected chi connectivity index (χ4v) is 5.78. The Labute approximate surface area is 198 Å². The fourth-order valence-electron chi connectivity index (χ4n) is 4.24. The van der Waals surface area contributed by atoms with E-state index in [9.17, 15) is 19.0 Å². The van der Waals surface area contributed by atoms with Gasteiger partial charge in [-0.1, -0.05) is 18.2 Å². The second kappa shape index (κ2) is 8.67. The highest BCUT2D eigenvalue weighted by molar-refractivity contribution is 8.24. The third-order valence-corrected chi connectivity index (χ3v) is 8.28. The van der Waals surface area contributed by atoms with Gasteiger partial charge in [-0.05, 0) is 29.8 Å². The molecule has 6 N–H and O–H groups in total. The van der Waals surface area contributed by atoms with Crippen LogP contribution < -0.4 is 16.0 Å². The van der Waals surface area contributed by atoms with Crippen molar-refractivity contribution in [3.63, 3.8) is 0 Å². The molecule has 3 heterocycles. The predicted octanol–water partition coefficient (Wildman–Crippen LogP) is 2.84. The quantitative estimate of drug-likeness (QED) is 0.352. The highest BCUT2D eigenvalue weighted by Gasteiger charge is 2.37. The average Bonchev–Trinajstić information content (AvgIpc) is 2.94. The number of anilines is 2. The molecular formula is C23H27N5O5S. The molecule has 1 fully saturated rings. The van der Waals surface area contributed by atoms with Crippen LogP contribution in [0.4, 0.5) is 11.8 Å². The van der Waals surface area contributed by atoms with E-state index < -0.39 is 16.6 Å². The van der Waals surface area contributed by atoms with Gasteiger partial charge in [0.1, 0.15) is 5.82 Å². The summed E-state index contributed by atoms with van der Waals surface area (Å²) < 4.78 is 26.7. The average molecular weight is 486 g/mol. The summed E-state index contributed by atoms with van der Waals surface area (Å²) in [6.07, 6.45) is 0. The molecule has 34 heavy (non-hydrogen) atoms. The molecule has 0 spiro atoms. The maximum Gasteiger partial charge on any atom is 0.335 e. The Morgan fingerprint density at radius 3 is 2.71 bits per heavy atom. The molecule has 2 aliphatic rings. The molecular weight excluding hydrogens is 458 g/mol. The molecule has 2 aromatic carbocycles. The zero-order valence-corrected chi connectivity index (χ0v) is 19.3. The lowest BCUT2D eigenvalue weighted by Crippen LogP contribution is -2.52. The summed E-state index contributed by atoms with van der Waals surface area (Å²) in [5, 5.41) is 13.4. The van der Waals surface area contributed by atoms with E-state index in [-0.39, 0.29) is 16.7 Å². The summed E-state index contributed by atoms with van der Waals surface area (Å²) in [7, 11) is -2.92. The number of hydrogen-bond donors (Lipinski definition) is 5. The molecule has 0 saturated carbocycles. The number of fused-ring (bicyclic) bond motifs is 2. The Kier molecular flexibility index (Phi) is 5.82. The number of hydrogen-bond acceptors (Lipinski definition) is 9. The van der Waals surface area contributed by atoms with Crippen molar-refractivity contribution in [3.8, 4) is 0 Å². The van der Waals surface area contributed by atoms with E-state index in [0.29, 0.717) is 67.0 Å². The molecule has 3 aromatic rings. The van der Waals surface area contributed by atoms with Gasteiger partial charge in [-0.25, -0.2) is 9.78 Å². The molecule has 0 atom stereocenters. The van der Waals surface area contributed by atoms with Gasteiger partial charge in [-0.2, -0.15) is 15.6 Å². The second-order valence-electron chi connectivity index (χ2n) is 8.86. The number of nitrogens with two attached hydrogens (primary N) is 1. The van der Waals surface area contributed by atoms with Crippen LogP contribution in [-0.2, 0) is 11.3 Å². The lowest BCUT2D eigenvalue weighted by Gasteiger charge is -2.40. The van der Waals surface area contributed by atoms with Gasteiger partial charge in [0, 0.05) is 37.0 Å². The fraction of sp³-hybridized carbons (Fsp3) is 0.348. The van der Waals surface area contributed by atoms with Crippen molar-refractivity contribution >= 4 is 39.2 Å². The summed E-state index contributed by atoms with van der Waals surface area (Å²) in [5.41, 5.74) is 7.31. The first kappa shape index (κ1) is 22.8. The normalized spacial score (nSPS) is 19.6. The van der Waals surface area contributed by atoms with E-state index in [0.717, 1.165) is 5.56 Å². The van der Waals surface area contributed by atoms with Crippen LogP contribution >= 0.6 is 10.6 Å². The van der Waals surface area contributed by atoms with E-state index in [1.165, 1.54) is 6.07 Å². The van der Waals surface area contributed by atoms with Crippen molar-refractivity contribution in [3.05, 3.63) is 53.6 Å². The Bertz CT molecular complexity index is 1240. The maximum atomic E-state index is 11.6. The minimum Gasteiger partial charge on any atom is -0.478 e. The van der Waals surface area contributed by atoms with Crippen LogP contribution in [0.15, 0.2) is 47.4 Å². The molecule has 1 saturated heterocycles. The van der Waals surface area contributed by atoms with Gasteiger partial charge in [0.15, 0.2) is 0 Å². The Morgan fingerprint density at radius 1 is 1.21 bits per heavy atom. The zero-order chi connectivity index (χ0) is 23.9. The van der Waals surface area contributed by atoms with Crippen molar-refractivity contribution in [2.24, 2.45) is 11.1 Å². The SMILES string of the molecule is NCC1(CNc2nc(N3CCS(O)(O)c4ccccc4C3)nc3ccc(C(=O)O)cc23)COC1. The number of aromatic nitrogens is 2. The van der Waals surface area contributed by atoms with Crippen LogP contribution in [0.2, 0.25) is 0 Å². The second-order valence-corrected chi connectivity index (χ2v) is 11.0. The highest BCUT2D eigenvalue weighted by atomic mass is 32.3. The number of nitrogens with zero attached hydrogens (tertiary/aromatic N) is 3. The molecule has 5 rings (SSSR count). The number of aromatic carboxylic acids is 1. The van der Waals surface area contributed by atoms with Crippen LogP contribution in [0.25, 0.3) is 10.9 Å². The van der Waals surface area contributed by atoms with Crippen LogP contribution in [0.5, 0.6) is 0 Å². The van der Waals surface area contributed by atoms with Crippen molar-refractivity contribution in [1.29, 1.82) is 0 Å². The lowest BCUT2D eigenvalue weighted by molar-refractivity contribution is -0.0979. The van der Waals surface area contributed by atoms with Crippen molar-refractivity contribution in [2.45, 2.75) is 11.4 Å². The van der Waals surface area contributed by atoms with E-state index in [1.54, 1.807) is 24.3 Å². The van der Waals surface area contributed by atoms with Crippen molar-refractivity contribution in [1.82, 2.24) is 9.97 Å². The van der Waals surface area contributed by atoms with Crippen molar-refractivity contribution < 1.29 is 23.7 Å². The van der Waals surface area contributed by atoms with E-state index >= 15 is 0 Å². The number of ether oxygens (including phenoxy) is 1. The van der Waals surface area contributed by atoms with Gasteiger partial charge in [-0.15, -0.1) is 0 Å². The summed E-state index contributed by atoms with van der Waals surface area (Å²) in [6.45, 7) is 2.86. The Hall–Kier alpha value is -2.96. The summed E-state index contributed by atoms with van der Waals surface area (Å²) in [4.78, 5) is 23.5. The third-order valence-electron chi connectivity index (χ3n) is 6.43. The van der Waals surface area contributed by atoms with Crippen molar-refractivity contribution in [2.75, 3.05) is 48.8 Å². The number of carbonyl (C=O) groups is 1. The van der Waals surface area contributed by atoms with Gasteiger partial charge in [0.2, 0.25) is 5.95 Å². The lowest BCUT2D eigenvalue weighted by atomic mass is 9.86. The molecule has 2 aliphatic heterocycles. The third kappa shape index (κ3) is 4.17. The van der Waals surface area contributed by atoms with Gasteiger partial charge in [0.05, 0.1) is 34.9 Å². The first-order chi connectivity index (χ1) is 16.3. The van der Waals surface area contributed by atoms with Crippen LogP contribution in [0.3, 0.4) is 0 Å². The number of rotatable bonds is 6. The van der Waals surface area contributed by atoms with E-state index in [2.05, 4.69) is 5.32 Å².